The minimum Gasteiger partial charge on any atom is -0.463 e. The molecule has 0 aromatic heterocycles. The van der Waals surface area contributed by atoms with Gasteiger partial charge in [0.1, 0.15) is 18.8 Å². The number of hydrogen-bond donors (Lipinski definition) is 1. The number of esters is 3. The van der Waals surface area contributed by atoms with E-state index in [2.05, 4.69) is 5.32 Å². The van der Waals surface area contributed by atoms with E-state index in [0.717, 1.165) is 25.7 Å². The van der Waals surface area contributed by atoms with Gasteiger partial charge in [-0.1, -0.05) is 12.8 Å². The molecule has 0 spiro atoms. The lowest BCUT2D eigenvalue weighted by molar-refractivity contribution is -0.277. The molecule has 1 fully saturated rings. The lowest BCUT2D eigenvalue weighted by Gasteiger charge is -2.44. The zero-order valence-corrected chi connectivity index (χ0v) is 19.1. The second kappa shape index (κ2) is 14.2. The topological polar surface area (TPSA) is 126 Å². The predicted molar refractivity (Wildman–Crippen MR) is 109 cm³/mol. The van der Waals surface area contributed by atoms with Crippen LogP contribution in [0.3, 0.4) is 0 Å². The molecule has 31 heavy (non-hydrogen) atoms. The van der Waals surface area contributed by atoms with Crippen LogP contribution in [0.25, 0.3) is 0 Å². The number of halogens is 1. The number of nitrogens with one attached hydrogen (secondary N) is 1. The van der Waals surface area contributed by atoms with Crippen molar-refractivity contribution < 1.29 is 42.9 Å². The summed E-state index contributed by atoms with van der Waals surface area (Å²) in [5, 5.41) is 2.65. The van der Waals surface area contributed by atoms with Gasteiger partial charge in [0.05, 0.1) is 0 Å². The van der Waals surface area contributed by atoms with Gasteiger partial charge in [-0.3, -0.25) is 19.2 Å². The molecule has 0 aromatic carbocycles. The van der Waals surface area contributed by atoms with Gasteiger partial charge < -0.3 is 29.0 Å². The van der Waals surface area contributed by atoms with Crippen molar-refractivity contribution in [3.63, 3.8) is 0 Å². The standard InChI is InChI=1S/C20H32ClNO9/c1-12(23)22-17-19(30-15(4)26)18(29-14(3)25)16(11-28-13(2)24)31-20(17)27-10-8-6-5-7-9-21/h16-20H,5-11H2,1-4H3,(H,22,23)/t16-,17-,18+,19+,20-/m0/s1. The van der Waals surface area contributed by atoms with Crippen LogP contribution in [0.4, 0.5) is 0 Å². The van der Waals surface area contributed by atoms with E-state index in [4.69, 9.17) is 35.3 Å². The van der Waals surface area contributed by atoms with E-state index < -0.39 is 54.5 Å². The maximum atomic E-state index is 11.8. The van der Waals surface area contributed by atoms with Gasteiger partial charge >= 0.3 is 17.9 Å². The van der Waals surface area contributed by atoms with Crippen LogP contribution in [-0.2, 0) is 42.9 Å². The number of rotatable bonds is 12. The molecule has 1 saturated heterocycles. The molecule has 0 aromatic rings. The van der Waals surface area contributed by atoms with Gasteiger partial charge in [0.25, 0.3) is 0 Å². The molecule has 10 nitrogen and oxygen atoms in total. The van der Waals surface area contributed by atoms with Gasteiger partial charge in [-0.2, -0.15) is 0 Å². The summed E-state index contributed by atoms with van der Waals surface area (Å²) >= 11 is 5.67. The summed E-state index contributed by atoms with van der Waals surface area (Å²) in [6.45, 7) is 4.95. The molecule has 0 bridgehead atoms. The third kappa shape index (κ3) is 10.3. The van der Waals surface area contributed by atoms with Crippen LogP contribution in [-0.4, -0.2) is 73.6 Å². The Kier molecular flexibility index (Phi) is 12.4. The Bertz CT molecular complexity index is 615. The second-order valence-electron chi connectivity index (χ2n) is 7.19. The molecule has 5 atom stereocenters. The highest BCUT2D eigenvalue weighted by molar-refractivity contribution is 6.17. The van der Waals surface area contributed by atoms with E-state index in [1.54, 1.807) is 0 Å². The van der Waals surface area contributed by atoms with Crippen molar-refractivity contribution in [2.75, 3.05) is 19.1 Å². The Labute approximate surface area is 187 Å². The van der Waals surface area contributed by atoms with Crippen LogP contribution in [0.5, 0.6) is 0 Å². The van der Waals surface area contributed by atoms with Gasteiger partial charge in [0.15, 0.2) is 18.5 Å². The van der Waals surface area contributed by atoms with Crippen molar-refractivity contribution in [2.24, 2.45) is 0 Å². The number of carbonyl (C=O) groups excluding carboxylic acids is 4. The van der Waals surface area contributed by atoms with Crippen molar-refractivity contribution in [2.45, 2.75) is 84.0 Å². The van der Waals surface area contributed by atoms with E-state index >= 15 is 0 Å². The molecule has 1 aliphatic rings. The van der Waals surface area contributed by atoms with Crippen molar-refractivity contribution >= 4 is 35.4 Å². The molecule has 1 rings (SSSR count). The fourth-order valence-corrected chi connectivity index (χ4v) is 3.37. The second-order valence-corrected chi connectivity index (χ2v) is 7.57. The smallest absolute Gasteiger partial charge is 0.303 e. The van der Waals surface area contributed by atoms with Crippen LogP contribution in [0, 0.1) is 0 Å². The summed E-state index contributed by atoms with van der Waals surface area (Å²) in [6, 6.07) is -0.942. The molecule has 11 heteroatoms. The van der Waals surface area contributed by atoms with E-state index in [9.17, 15) is 19.2 Å². The van der Waals surface area contributed by atoms with Crippen molar-refractivity contribution in [1.82, 2.24) is 5.32 Å². The van der Waals surface area contributed by atoms with E-state index in [-0.39, 0.29) is 6.61 Å². The monoisotopic (exact) mass is 465 g/mol. The Hall–Kier alpha value is -1.91. The fourth-order valence-electron chi connectivity index (χ4n) is 3.18. The van der Waals surface area contributed by atoms with Crippen LogP contribution >= 0.6 is 11.6 Å². The van der Waals surface area contributed by atoms with Crippen molar-refractivity contribution in [1.29, 1.82) is 0 Å². The summed E-state index contributed by atoms with van der Waals surface area (Å²) in [5.74, 6) is -1.68. The summed E-state index contributed by atoms with van der Waals surface area (Å²) in [6.07, 6.45) is -0.750. The zero-order chi connectivity index (χ0) is 23.4. The minimum atomic E-state index is -1.12. The molecule has 0 aliphatic carbocycles. The lowest BCUT2D eigenvalue weighted by Crippen LogP contribution is -2.66. The molecule has 1 N–H and O–H groups in total. The van der Waals surface area contributed by atoms with Gasteiger partial charge in [-0.15, -0.1) is 11.6 Å². The largest absolute Gasteiger partial charge is 0.463 e. The molecular weight excluding hydrogens is 434 g/mol. The van der Waals surface area contributed by atoms with Gasteiger partial charge in [0.2, 0.25) is 5.91 Å². The molecule has 1 heterocycles. The normalized spacial score (nSPS) is 25.4. The average Bonchev–Trinajstić information content (AvgIpc) is 2.66. The molecule has 1 amide bonds. The number of unbranched alkanes of at least 4 members (excludes halogenated alkanes) is 3. The van der Waals surface area contributed by atoms with Crippen molar-refractivity contribution in [3.8, 4) is 0 Å². The highest BCUT2D eigenvalue weighted by Crippen LogP contribution is 2.28. The number of amides is 1. The molecule has 178 valence electrons. The maximum Gasteiger partial charge on any atom is 0.303 e. The Morgan fingerprint density at radius 2 is 1.48 bits per heavy atom. The average molecular weight is 466 g/mol. The Balaban J connectivity index is 3.07. The summed E-state index contributed by atoms with van der Waals surface area (Å²) in [5.41, 5.74) is 0. The van der Waals surface area contributed by atoms with Crippen LogP contribution in [0.2, 0.25) is 0 Å². The highest BCUT2D eigenvalue weighted by atomic mass is 35.5. The molecule has 0 saturated carbocycles. The first kappa shape index (κ1) is 27.1. The van der Waals surface area contributed by atoms with Gasteiger partial charge in [0, 0.05) is 40.2 Å². The molecular formula is C20H32ClNO9. The third-order valence-corrected chi connectivity index (χ3v) is 4.65. The summed E-state index contributed by atoms with van der Waals surface area (Å²) in [4.78, 5) is 46.5. The maximum absolute atomic E-state index is 11.8. The van der Waals surface area contributed by atoms with Crippen LogP contribution < -0.4 is 5.32 Å². The summed E-state index contributed by atoms with van der Waals surface area (Å²) in [7, 11) is 0. The summed E-state index contributed by atoms with van der Waals surface area (Å²) < 4.78 is 27.5. The lowest BCUT2D eigenvalue weighted by atomic mass is 9.96. The van der Waals surface area contributed by atoms with Crippen LogP contribution in [0.15, 0.2) is 0 Å². The van der Waals surface area contributed by atoms with E-state index in [0.29, 0.717) is 12.5 Å². The number of alkyl halides is 1. The van der Waals surface area contributed by atoms with E-state index in [1.807, 2.05) is 0 Å². The van der Waals surface area contributed by atoms with E-state index in [1.165, 1.54) is 27.7 Å². The third-order valence-electron chi connectivity index (χ3n) is 4.38. The first-order chi connectivity index (χ1) is 14.6. The number of ether oxygens (including phenoxy) is 5. The van der Waals surface area contributed by atoms with Gasteiger partial charge in [-0.25, -0.2) is 0 Å². The number of hydrogen-bond acceptors (Lipinski definition) is 9. The SMILES string of the molecule is CC(=O)N[C@@H]1[C@@H](OCCCCCCCl)O[C@@H](COC(C)=O)[C@@H](OC(C)=O)[C@@H]1OC(C)=O. The molecule has 0 unspecified atom stereocenters. The minimum absolute atomic E-state index is 0.257. The Morgan fingerprint density at radius 3 is 2.03 bits per heavy atom. The zero-order valence-electron chi connectivity index (χ0n) is 18.4. The first-order valence-corrected chi connectivity index (χ1v) is 10.8. The van der Waals surface area contributed by atoms with Crippen LogP contribution in [0.1, 0.15) is 53.4 Å². The van der Waals surface area contributed by atoms with Crippen molar-refractivity contribution in [3.05, 3.63) is 0 Å². The predicted octanol–water partition coefficient (Wildman–Crippen LogP) is 1.46. The first-order valence-electron chi connectivity index (χ1n) is 10.2. The van der Waals surface area contributed by atoms with Gasteiger partial charge in [-0.05, 0) is 12.8 Å². The fraction of sp³-hybridized carbons (Fsp3) is 0.800. The highest BCUT2D eigenvalue weighted by Gasteiger charge is 2.51. The Morgan fingerprint density at radius 1 is 0.871 bits per heavy atom. The quantitative estimate of drug-likeness (QED) is 0.197. The molecule has 1 aliphatic heterocycles. The molecule has 0 radical (unpaired) electrons. The number of carbonyl (C=O) groups is 4.